The minimum absolute atomic E-state index is 0.491. The number of aromatic nitrogens is 1. The molecular weight excluding hydrogens is 312 g/mol. The summed E-state index contributed by atoms with van der Waals surface area (Å²) in [6.07, 6.45) is 7.14. The average Bonchev–Trinajstić information content (AvgIpc) is 3.23. The summed E-state index contributed by atoms with van der Waals surface area (Å²) < 4.78 is 2.29. The van der Waals surface area contributed by atoms with Crippen molar-refractivity contribution in [3.63, 3.8) is 0 Å². The summed E-state index contributed by atoms with van der Waals surface area (Å²) in [5, 5.41) is 18.4. The van der Waals surface area contributed by atoms with Gasteiger partial charge in [-0.2, -0.15) is 0 Å². The zero-order valence-corrected chi connectivity index (χ0v) is 15.2. The summed E-state index contributed by atoms with van der Waals surface area (Å²) in [7, 11) is 0. The second-order valence-corrected chi connectivity index (χ2v) is 6.97. The molecule has 136 valence electrons. The molecule has 0 bridgehead atoms. The Labute approximate surface area is 150 Å². The van der Waals surface area contributed by atoms with Crippen molar-refractivity contribution in [2.24, 2.45) is 4.99 Å². The molecule has 0 saturated heterocycles. The Morgan fingerprint density at radius 1 is 1.20 bits per heavy atom. The number of fused-ring (bicyclic) bond motifs is 1. The molecule has 5 nitrogen and oxygen atoms in total. The molecule has 5 heteroatoms. The van der Waals surface area contributed by atoms with E-state index >= 15 is 0 Å². The fraction of sp³-hybridized carbons (Fsp3) is 0.550. The molecule has 1 aromatic carbocycles. The van der Waals surface area contributed by atoms with Gasteiger partial charge in [0.1, 0.15) is 0 Å². The predicted molar refractivity (Wildman–Crippen MR) is 104 cm³/mol. The first kappa shape index (κ1) is 17.8. The van der Waals surface area contributed by atoms with Crippen LogP contribution in [0.25, 0.3) is 10.9 Å². The summed E-state index contributed by atoms with van der Waals surface area (Å²) >= 11 is 0. The van der Waals surface area contributed by atoms with Crippen LogP contribution in [0.1, 0.15) is 39.0 Å². The number of guanidine groups is 1. The van der Waals surface area contributed by atoms with E-state index in [2.05, 4.69) is 63.6 Å². The number of benzene rings is 1. The van der Waals surface area contributed by atoms with Gasteiger partial charge in [-0.25, -0.2) is 0 Å². The number of para-hydroxylation sites is 1. The van der Waals surface area contributed by atoms with Gasteiger partial charge in [0.05, 0.1) is 12.1 Å². The van der Waals surface area contributed by atoms with Crippen LogP contribution in [0.15, 0.2) is 41.5 Å². The lowest BCUT2D eigenvalue weighted by Gasteiger charge is -2.20. The second-order valence-electron chi connectivity index (χ2n) is 6.97. The van der Waals surface area contributed by atoms with Crippen LogP contribution in [0, 0.1) is 0 Å². The van der Waals surface area contributed by atoms with Crippen LogP contribution < -0.4 is 10.6 Å². The Kier molecular flexibility index (Phi) is 5.97. The van der Waals surface area contributed by atoms with Crippen molar-refractivity contribution >= 4 is 16.9 Å². The van der Waals surface area contributed by atoms with Crippen LogP contribution in [-0.2, 0) is 6.54 Å². The van der Waals surface area contributed by atoms with E-state index in [-0.39, 0.29) is 0 Å². The molecule has 3 rings (SSSR count). The molecule has 3 N–H and O–H groups in total. The number of nitrogens with zero attached hydrogens (tertiary/aromatic N) is 2. The van der Waals surface area contributed by atoms with Crippen molar-refractivity contribution in [2.75, 3.05) is 19.6 Å². The van der Waals surface area contributed by atoms with E-state index in [0.717, 1.165) is 57.7 Å². The van der Waals surface area contributed by atoms with E-state index in [9.17, 15) is 5.11 Å². The third-order valence-corrected chi connectivity index (χ3v) is 4.96. The number of nitrogens with one attached hydrogen (secondary N) is 2. The van der Waals surface area contributed by atoms with Gasteiger partial charge in [0.2, 0.25) is 0 Å². The fourth-order valence-corrected chi connectivity index (χ4v) is 3.55. The molecule has 1 aromatic heterocycles. The predicted octanol–water partition coefficient (Wildman–Crippen LogP) is 2.89. The third kappa shape index (κ3) is 4.75. The summed E-state index contributed by atoms with van der Waals surface area (Å²) in [5.41, 5.74) is 0.693. The lowest BCUT2D eigenvalue weighted by molar-refractivity contribution is 0.0574. The number of aliphatic imine (C=N–C) groups is 1. The lowest BCUT2D eigenvalue weighted by atomic mass is 10.0. The normalized spacial score (nSPS) is 17.1. The summed E-state index contributed by atoms with van der Waals surface area (Å²) in [5.74, 6) is 0.806. The third-order valence-electron chi connectivity index (χ3n) is 4.96. The van der Waals surface area contributed by atoms with E-state index in [4.69, 9.17) is 0 Å². The summed E-state index contributed by atoms with van der Waals surface area (Å²) in [6, 6.07) is 10.6. The van der Waals surface area contributed by atoms with Crippen molar-refractivity contribution in [3.05, 3.63) is 36.5 Å². The van der Waals surface area contributed by atoms with E-state index in [1.165, 1.54) is 10.9 Å². The largest absolute Gasteiger partial charge is 0.388 e. The zero-order valence-electron chi connectivity index (χ0n) is 15.2. The maximum atomic E-state index is 10.4. The molecule has 1 saturated carbocycles. The first-order valence-electron chi connectivity index (χ1n) is 9.49. The molecule has 0 spiro atoms. The molecule has 1 fully saturated rings. The van der Waals surface area contributed by atoms with Crippen molar-refractivity contribution < 1.29 is 5.11 Å². The highest BCUT2D eigenvalue weighted by molar-refractivity contribution is 5.80. The second kappa shape index (κ2) is 8.39. The van der Waals surface area contributed by atoms with Gasteiger partial charge in [-0.3, -0.25) is 4.99 Å². The number of aryl methyl sites for hydroxylation is 1. The van der Waals surface area contributed by atoms with E-state index < -0.39 is 5.60 Å². The van der Waals surface area contributed by atoms with Crippen LogP contribution in [0.2, 0.25) is 0 Å². The zero-order chi connectivity index (χ0) is 17.5. The number of aliphatic hydroxyl groups is 1. The first-order chi connectivity index (χ1) is 12.2. The topological polar surface area (TPSA) is 61.6 Å². The van der Waals surface area contributed by atoms with Gasteiger partial charge in [-0.15, -0.1) is 0 Å². The van der Waals surface area contributed by atoms with E-state index in [0.29, 0.717) is 6.54 Å². The highest BCUT2D eigenvalue weighted by atomic mass is 16.3. The molecule has 25 heavy (non-hydrogen) atoms. The highest BCUT2D eigenvalue weighted by Gasteiger charge is 2.30. The van der Waals surface area contributed by atoms with Crippen molar-refractivity contribution in [2.45, 2.75) is 51.2 Å². The van der Waals surface area contributed by atoms with Crippen LogP contribution in [0.5, 0.6) is 0 Å². The smallest absolute Gasteiger partial charge is 0.191 e. The lowest BCUT2D eigenvalue weighted by Crippen LogP contribution is -2.40. The van der Waals surface area contributed by atoms with Gasteiger partial charge in [0.25, 0.3) is 0 Å². The van der Waals surface area contributed by atoms with Gasteiger partial charge in [-0.05, 0) is 43.7 Å². The molecule has 2 aromatic rings. The van der Waals surface area contributed by atoms with Gasteiger partial charge in [-0.1, -0.05) is 31.0 Å². The first-order valence-corrected chi connectivity index (χ1v) is 9.49. The van der Waals surface area contributed by atoms with Gasteiger partial charge in [0.15, 0.2) is 5.96 Å². The van der Waals surface area contributed by atoms with Gasteiger partial charge >= 0.3 is 0 Å². The quantitative estimate of drug-likeness (QED) is 0.412. The molecule has 1 aliphatic carbocycles. The van der Waals surface area contributed by atoms with Crippen LogP contribution in [-0.4, -0.2) is 40.9 Å². The maximum absolute atomic E-state index is 10.4. The highest BCUT2D eigenvalue weighted by Crippen LogP contribution is 2.29. The van der Waals surface area contributed by atoms with Crippen molar-refractivity contribution in [1.29, 1.82) is 0 Å². The SMILES string of the molecule is CCNC(=NCC1(O)CCCC1)NCCCn1ccc2ccccc21. The summed E-state index contributed by atoms with van der Waals surface area (Å²) in [6.45, 7) is 5.21. The Morgan fingerprint density at radius 3 is 2.80 bits per heavy atom. The maximum Gasteiger partial charge on any atom is 0.191 e. The molecule has 0 aliphatic heterocycles. The van der Waals surface area contributed by atoms with Crippen molar-refractivity contribution in [1.82, 2.24) is 15.2 Å². The summed E-state index contributed by atoms with van der Waals surface area (Å²) in [4.78, 5) is 4.59. The average molecular weight is 342 g/mol. The minimum atomic E-state index is -0.591. The molecule has 1 heterocycles. The molecular formula is C20H30N4O. The molecule has 0 radical (unpaired) electrons. The Hall–Kier alpha value is -2.01. The number of hydrogen-bond donors (Lipinski definition) is 3. The number of hydrogen-bond acceptors (Lipinski definition) is 2. The number of rotatable bonds is 7. The Balaban J connectivity index is 1.48. The monoisotopic (exact) mass is 342 g/mol. The van der Waals surface area contributed by atoms with Crippen LogP contribution >= 0.6 is 0 Å². The molecule has 0 amide bonds. The van der Waals surface area contributed by atoms with E-state index in [1.807, 2.05) is 0 Å². The minimum Gasteiger partial charge on any atom is -0.388 e. The Morgan fingerprint density at radius 2 is 2.00 bits per heavy atom. The van der Waals surface area contributed by atoms with Gasteiger partial charge in [0, 0.05) is 31.3 Å². The van der Waals surface area contributed by atoms with Crippen LogP contribution in [0.4, 0.5) is 0 Å². The van der Waals surface area contributed by atoms with Gasteiger partial charge < -0.3 is 20.3 Å². The van der Waals surface area contributed by atoms with Crippen molar-refractivity contribution in [3.8, 4) is 0 Å². The van der Waals surface area contributed by atoms with Crippen LogP contribution in [0.3, 0.4) is 0 Å². The molecule has 0 atom stereocenters. The molecule has 0 unspecified atom stereocenters. The Bertz CT molecular complexity index is 701. The standard InChI is InChI=1S/C20H30N4O/c1-2-21-19(23-16-20(25)11-5-6-12-20)22-13-7-14-24-15-10-17-8-3-4-9-18(17)24/h3-4,8-10,15,25H,2,5-7,11-14,16H2,1H3,(H2,21,22,23). The molecule has 1 aliphatic rings. The fourth-order valence-electron chi connectivity index (χ4n) is 3.55. The van der Waals surface area contributed by atoms with E-state index in [1.54, 1.807) is 0 Å².